The summed E-state index contributed by atoms with van der Waals surface area (Å²) in [5.74, 6) is -4.98. The molecule has 4 unspecified atom stereocenters. The van der Waals surface area contributed by atoms with Gasteiger partial charge in [0.05, 0.1) is 23.7 Å². The maximum absolute atomic E-state index is 11.2. The molecule has 4 atom stereocenters. The minimum absolute atomic E-state index is 0. The molecule has 0 aromatic heterocycles. The summed E-state index contributed by atoms with van der Waals surface area (Å²) >= 11 is 0. The van der Waals surface area contributed by atoms with Crippen LogP contribution in [0.4, 0.5) is 0 Å². The van der Waals surface area contributed by atoms with Crippen molar-refractivity contribution in [1.29, 1.82) is 0 Å². The number of rotatable bonds is 5. The number of cyclic esters (lactones) is 2. The van der Waals surface area contributed by atoms with Crippen LogP contribution in [0.2, 0.25) is 0 Å². The Morgan fingerprint density at radius 3 is 1.34 bits per heavy atom. The third kappa shape index (κ3) is 22.3. The molecule has 35 heavy (non-hydrogen) atoms. The summed E-state index contributed by atoms with van der Waals surface area (Å²) in [6.07, 6.45) is 1.08. The number of hydrogen-bond donors (Lipinski definition) is 2. The molecule has 0 aliphatic carbocycles. The molecule has 2 N–H and O–H groups in total. The smallest absolute Gasteiger partial charge is 0.317 e. The molecule has 0 radical (unpaired) electrons. The molecular weight excluding hydrogens is 448 g/mol. The Morgan fingerprint density at radius 2 is 1.14 bits per heavy atom. The van der Waals surface area contributed by atoms with Gasteiger partial charge >= 0.3 is 23.9 Å². The highest BCUT2D eigenvalue weighted by molar-refractivity contribution is 5.96. The van der Waals surface area contributed by atoms with Crippen molar-refractivity contribution in [2.24, 2.45) is 34.5 Å². The first-order valence-corrected chi connectivity index (χ1v) is 9.17. The number of carboxylic acids is 2. The summed E-state index contributed by atoms with van der Waals surface area (Å²) in [5, 5.41) is 17.6. The Bertz CT molecular complexity index is 569. The Hall–Kier alpha value is -1.92. The summed E-state index contributed by atoms with van der Waals surface area (Å²) in [6, 6.07) is 0. The van der Waals surface area contributed by atoms with Gasteiger partial charge in [0.1, 0.15) is 0 Å². The molecule has 1 heterocycles. The second-order valence-electron chi connectivity index (χ2n) is 9.74. The lowest BCUT2D eigenvalue weighted by molar-refractivity contribution is -0.154. The lowest BCUT2D eigenvalue weighted by Crippen LogP contribution is -2.31. The molecule has 0 aromatic rings. The lowest BCUT2D eigenvalue weighted by atomic mass is 9.79. The van der Waals surface area contributed by atoms with Crippen molar-refractivity contribution in [2.45, 2.75) is 128 Å². The van der Waals surface area contributed by atoms with Crippen LogP contribution in [0.5, 0.6) is 0 Å². The Morgan fingerprint density at radius 1 is 0.771 bits per heavy atom. The van der Waals surface area contributed by atoms with E-state index in [1.54, 1.807) is 6.92 Å². The maximum Gasteiger partial charge on any atom is 0.317 e. The number of carbonyl (C=O) groups excluding carboxylic acids is 2. The monoisotopic (exact) mass is 514 g/mol. The highest BCUT2D eigenvalue weighted by Gasteiger charge is 2.42. The molecule has 0 saturated carbocycles. The van der Waals surface area contributed by atoms with Crippen LogP contribution in [-0.2, 0) is 23.9 Å². The highest BCUT2D eigenvalue weighted by Crippen LogP contribution is 2.34. The Kier molecular flexibility index (Phi) is 37.8. The average molecular weight is 515 g/mol. The molecule has 1 saturated heterocycles. The number of hydrogen-bond acceptors (Lipinski definition) is 5. The SMILES string of the molecule is C.C.C.C.C.C.C.C.CC(C(=O)O)C(CC(C)(C)C)C(=O)O.CC1C(=O)OC(=O)C1CC(C)(C)C. The fraction of sp³-hybridized carbons (Fsp3) is 0.857. The number of aliphatic carboxylic acids is 2. The van der Waals surface area contributed by atoms with E-state index >= 15 is 0 Å². The number of esters is 2. The predicted octanol–water partition coefficient (Wildman–Crippen LogP) is 8.69. The van der Waals surface area contributed by atoms with E-state index in [4.69, 9.17) is 10.2 Å². The molecule has 220 valence electrons. The van der Waals surface area contributed by atoms with E-state index < -0.39 is 23.8 Å². The maximum atomic E-state index is 11.2. The normalized spacial score (nSPS) is 17.3. The van der Waals surface area contributed by atoms with Crippen molar-refractivity contribution in [3.05, 3.63) is 0 Å². The van der Waals surface area contributed by atoms with Gasteiger partial charge in [-0.1, -0.05) is 115 Å². The summed E-state index contributed by atoms with van der Waals surface area (Å²) in [5.41, 5.74) is -0.116. The summed E-state index contributed by atoms with van der Waals surface area (Å²) in [7, 11) is 0. The molecule has 1 aliphatic rings. The van der Waals surface area contributed by atoms with Crippen molar-refractivity contribution >= 4 is 23.9 Å². The number of carboxylic acid groups (broad SMARTS) is 2. The van der Waals surface area contributed by atoms with Crippen molar-refractivity contribution < 1.29 is 34.1 Å². The molecule has 1 aliphatic heterocycles. The molecule has 0 aromatic carbocycles. The van der Waals surface area contributed by atoms with Crippen molar-refractivity contribution in [3.63, 3.8) is 0 Å². The first-order valence-electron chi connectivity index (χ1n) is 9.17. The zero-order chi connectivity index (χ0) is 21.7. The molecule has 7 heteroatoms. The second kappa shape index (κ2) is 22.5. The van der Waals surface area contributed by atoms with E-state index in [-0.39, 0.29) is 94.0 Å². The first-order chi connectivity index (χ1) is 12.0. The quantitative estimate of drug-likeness (QED) is 0.278. The third-order valence-electron chi connectivity index (χ3n) is 4.45. The van der Waals surface area contributed by atoms with Gasteiger partial charge in [0.15, 0.2) is 0 Å². The van der Waals surface area contributed by atoms with Crippen LogP contribution in [0.3, 0.4) is 0 Å². The molecular formula is C28H66O7. The average Bonchev–Trinajstić information content (AvgIpc) is 2.68. The van der Waals surface area contributed by atoms with Gasteiger partial charge in [-0.15, -0.1) is 0 Å². The van der Waals surface area contributed by atoms with Gasteiger partial charge in [0, 0.05) is 0 Å². The Balaban J connectivity index is -0.0000000449. The minimum Gasteiger partial charge on any atom is -0.481 e. The standard InChI is InChI=1S/C10H18O4.C10H16O3.8CH4/c1-6(8(11)12)7(9(13)14)5-10(2,3)4;1-6-7(5-10(2,3)4)9(12)13-8(6)11;;;;;;;;/h6-7H,5H2,1-4H3,(H,11,12)(H,13,14);6-7H,5H2,1-4H3;8*1H4. The van der Waals surface area contributed by atoms with Crippen LogP contribution in [0, 0.1) is 34.5 Å². The second-order valence-corrected chi connectivity index (χ2v) is 9.74. The zero-order valence-corrected chi connectivity index (χ0v) is 17.7. The van der Waals surface area contributed by atoms with Gasteiger partial charge in [0.25, 0.3) is 0 Å². The molecule has 1 fully saturated rings. The van der Waals surface area contributed by atoms with Crippen LogP contribution in [0.1, 0.15) is 128 Å². The van der Waals surface area contributed by atoms with Crippen molar-refractivity contribution in [1.82, 2.24) is 0 Å². The summed E-state index contributed by atoms with van der Waals surface area (Å²) in [4.78, 5) is 43.8. The third-order valence-corrected chi connectivity index (χ3v) is 4.45. The van der Waals surface area contributed by atoms with E-state index in [1.165, 1.54) is 6.92 Å². The van der Waals surface area contributed by atoms with Gasteiger partial charge in [-0.25, -0.2) is 0 Å². The topological polar surface area (TPSA) is 118 Å². The van der Waals surface area contributed by atoms with Crippen molar-refractivity contribution in [2.75, 3.05) is 0 Å². The number of ether oxygens (including phenoxy) is 1. The number of carbonyl (C=O) groups is 4. The summed E-state index contributed by atoms with van der Waals surface area (Å²) < 4.78 is 4.55. The molecule has 0 amide bonds. The fourth-order valence-electron chi connectivity index (χ4n) is 2.87. The van der Waals surface area contributed by atoms with Crippen LogP contribution < -0.4 is 0 Å². The summed E-state index contributed by atoms with van der Waals surface area (Å²) in [6.45, 7) is 15.0. The van der Waals surface area contributed by atoms with E-state index in [9.17, 15) is 19.2 Å². The van der Waals surface area contributed by atoms with E-state index in [0.717, 1.165) is 0 Å². The van der Waals surface area contributed by atoms with Gasteiger partial charge in [-0.2, -0.15) is 0 Å². The largest absolute Gasteiger partial charge is 0.481 e. The first kappa shape index (κ1) is 58.7. The Labute approximate surface area is 220 Å². The van der Waals surface area contributed by atoms with Crippen LogP contribution in [0.15, 0.2) is 0 Å². The molecule has 0 spiro atoms. The lowest BCUT2D eigenvalue weighted by Gasteiger charge is -2.25. The predicted molar refractivity (Wildman–Crippen MR) is 154 cm³/mol. The minimum atomic E-state index is -1.05. The molecule has 7 nitrogen and oxygen atoms in total. The fourth-order valence-corrected chi connectivity index (χ4v) is 2.87. The molecule has 1 rings (SSSR count). The van der Waals surface area contributed by atoms with Gasteiger partial charge in [-0.3, -0.25) is 19.2 Å². The van der Waals surface area contributed by atoms with Crippen LogP contribution >= 0.6 is 0 Å². The van der Waals surface area contributed by atoms with Crippen LogP contribution in [-0.4, -0.2) is 34.1 Å². The van der Waals surface area contributed by atoms with Gasteiger partial charge in [-0.05, 0) is 23.7 Å². The van der Waals surface area contributed by atoms with E-state index in [1.807, 2.05) is 20.8 Å². The van der Waals surface area contributed by atoms with E-state index in [0.29, 0.717) is 12.8 Å². The van der Waals surface area contributed by atoms with Gasteiger partial charge in [0.2, 0.25) is 0 Å². The molecule has 0 bridgehead atoms. The van der Waals surface area contributed by atoms with Gasteiger partial charge < -0.3 is 14.9 Å². The zero-order valence-electron chi connectivity index (χ0n) is 17.7. The highest BCUT2D eigenvalue weighted by atomic mass is 16.6. The van der Waals surface area contributed by atoms with Crippen molar-refractivity contribution in [3.8, 4) is 0 Å². The van der Waals surface area contributed by atoms with Crippen LogP contribution in [0.25, 0.3) is 0 Å². The van der Waals surface area contributed by atoms with E-state index in [2.05, 4.69) is 25.5 Å².